The molecule has 22 nitrogen and oxygen atoms in total. The van der Waals surface area contributed by atoms with E-state index in [1.54, 1.807) is 85.9 Å². The molecule has 74 heavy (non-hydrogen) atoms. The minimum Gasteiger partial charge on any atom is -0.465 e. The van der Waals surface area contributed by atoms with E-state index in [9.17, 15) is 65.1 Å². The standard InChI is InChI=1S/C52H76N2O20/c1-4-23-69-50(65)54-46-42(62)32-71-49(48(46)64)72-38-19-17-15-13-11-9-7-6-8-10-12-14-16-18-34(3)39(59)22-25-68-45(63)28-36(57)26-35(56)20-21-40(60)41(61)27-37(58)30-52(67)31-44(73-51(66)70-24-5-2)47(53-33-55)43(29-38)74-52/h4-19,33-44,46-49,56-62,64,67H,1-2,20-32H2,3H3,(H,53,55)(H,54,65)/b7-6+,10-8+,11-9+,14-12+,15-13+,18-16+,19-17+/t34-,35+,36+,37-,38-,39-,40+,41+,42+,43-,44-,46-,47-,48-,49-,52+/m0/s1. The molecule has 2 saturated heterocycles. The number of rotatable bonds is 10. The smallest absolute Gasteiger partial charge is 0.465 e. The highest BCUT2D eigenvalue weighted by Gasteiger charge is 2.50. The van der Waals surface area contributed by atoms with Crippen LogP contribution in [0.15, 0.2) is 110 Å². The van der Waals surface area contributed by atoms with Gasteiger partial charge in [0.05, 0.1) is 80.5 Å². The maximum atomic E-state index is 12.8. The van der Waals surface area contributed by atoms with Gasteiger partial charge >= 0.3 is 18.2 Å². The molecule has 2 amide bonds. The molecule has 22 heteroatoms. The topological polar surface area (TPSA) is 339 Å². The van der Waals surface area contributed by atoms with Crippen molar-refractivity contribution >= 4 is 24.6 Å². The fourth-order valence-corrected chi connectivity index (χ4v) is 8.05. The fraction of sp³-hybridized carbons (Fsp3) is 0.577. The Morgan fingerprint density at radius 3 is 1.99 bits per heavy atom. The normalized spacial score (nSPS) is 37.9. The minimum atomic E-state index is -2.37. The number of hydrogen-bond donors (Lipinski definition) is 11. The Morgan fingerprint density at radius 1 is 0.730 bits per heavy atom. The predicted octanol–water partition coefficient (Wildman–Crippen LogP) is 1.40. The van der Waals surface area contributed by atoms with Crippen molar-refractivity contribution in [3.05, 3.63) is 110 Å². The number of alkyl carbamates (subject to hydrolysis) is 1. The first kappa shape index (κ1) is 63.0. The molecule has 0 aromatic heterocycles. The number of aliphatic hydroxyl groups is 9. The molecule has 0 radical (unpaired) electrons. The van der Waals surface area contributed by atoms with E-state index in [1.165, 1.54) is 18.2 Å². The number of carbonyl (C=O) groups is 4. The molecule has 0 spiro atoms. The third kappa shape index (κ3) is 23.9. The van der Waals surface area contributed by atoms with Gasteiger partial charge < -0.3 is 89.8 Å². The van der Waals surface area contributed by atoms with Gasteiger partial charge in [0.2, 0.25) is 6.41 Å². The van der Waals surface area contributed by atoms with Crippen molar-refractivity contribution in [2.24, 2.45) is 5.92 Å². The Hall–Kier alpha value is -5.34. The van der Waals surface area contributed by atoms with Gasteiger partial charge in [-0.3, -0.25) is 9.59 Å². The van der Waals surface area contributed by atoms with Crippen LogP contribution in [-0.2, 0) is 42.7 Å². The van der Waals surface area contributed by atoms with Gasteiger partial charge in [-0.2, -0.15) is 0 Å². The largest absolute Gasteiger partial charge is 0.508 e. The van der Waals surface area contributed by atoms with Crippen LogP contribution in [0.25, 0.3) is 0 Å². The summed E-state index contributed by atoms with van der Waals surface area (Å²) in [6, 6.07) is -2.57. The second-order valence-corrected chi connectivity index (χ2v) is 18.0. The Labute approximate surface area is 431 Å². The summed E-state index contributed by atoms with van der Waals surface area (Å²) in [5, 5.41) is 103. The highest BCUT2D eigenvalue weighted by Crippen LogP contribution is 2.36. The second kappa shape index (κ2) is 34.3. The maximum absolute atomic E-state index is 12.8. The summed E-state index contributed by atoms with van der Waals surface area (Å²) < 4.78 is 38.8. The highest BCUT2D eigenvalue weighted by atomic mass is 16.7. The Morgan fingerprint density at radius 2 is 1.35 bits per heavy atom. The zero-order valence-electron chi connectivity index (χ0n) is 41.6. The van der Waals surface area contributed by atoms with Gasteiger partial charge in [-0.05, 0) is 19.3 Å². The number of fused-ring (bicyclic) bond motifs is 2. The number of allylic oxidation sites excluding steroid dienone is 12. The molecule has 2 fully saturated rings. The summed E-state index contributed by atoms with van der Waals surface area (Å²) in [5.74, 6) is -3.38. The van der Waals surface area contributed by atoms with Crippen molar-refractivity contribution in [2.75, 3.05) is 26.4 Å². The first-order valence-corrected chi connectivity index (χ1v) is 24.5. The Bertz CT molecular complexity index is 1940. The minimum absolute atomic E-state index is 0.0978. The van der Waals surface area contributed by atoms with Crippen LogP contribution < -0.4 is 10.6 Å². The molecule has 0 saturated carbocycles. The van der Waals surface area contributed by atoms with E-state index in [2.05, 4.69) is 23.8 Å². The molecule has 3 heterocycles. The predicted molar refractivity (Wildman–Crippen MR) is 266 cm³/mol. The number of carbonyl (C=O) groups excluding carboxylic acids is 4. The summed E-state index contributed by atoms with van der Waals surface area (Å²) in [5.41, 5.74) is 0. The molecule has 16 atom stereocenters. The van der Waals surface area contributed by atoms with Gasteiger partial charge in [0.15, 0.2) is 12.1 Å². The van der Waals surface area contributed by atoms with Crippen LogP contribution >= 0.6 is 0 Å². The van der Waals surface area contributed by atoms with Gasteiger partial charge in [0, 0.05) is 38.0 Å². The first-order valence-electron chi connectivity index (χ1n) is 24.5. The van der Waals surface area contributed by atoms with Gasteiger partial charge in [0.25, 0.3) is 0 Å². The van der Waals surface area contributed by atoms with Crippen molar-refractivity contribution in [2.45, 2.75) is 156 Å². The van der Waals surface area contributed by atoms with Crippen LogP contribution in [0.4, 0.5) is 9.59 Å². The van der Waals surface area contributed by atoms with E-state index in [-0.39, 0.29) is 57.8 Å². The summed E-state index contributed by atoms with van der Waals surface area (Å²) in [6.45, 7) is 7.85. The maximum Gasteiger partial charge on any atom is 0.508 e. The zero-order chi connectivity index (χ0) is 54.5. The van der Waals surface area contributed by atoms with Crippen LogP contribution in [0.2, 0.25) is 0 Å². The van der Waals surface area contributed by atoms with Crippen LogP contribution in [0.1, 0.15) is 64.7 Å². The average molecular weight is 1050 g/mol. The van der Waals surface area contributed by atoms with Crippen LogP contribution in [0.3, 0.4) is 0 Å². The lowest BCUT2D eigenvalue weighted by molar-refractivity contribution is -0.299. The van der Waals surface area contributed by atoms with Crippen LogP contribution in [0, 0.1) is 5.92 Å². The molecule has 2 bridgehead atoms. The number of esters is 1. The monoisotopic (exact) mass is 1050 g/mol. The Balaban J connectivity index is 1.98. The average Bonchev–Trinajstić information content (AvgIpc) is 3.34. The van der Waals surface area contributed by atoms with E-state index < -0.39 is 142 Å². The molecule has 414 valence electrons. The van der Waals surface area contributed by atoms with E-state index >= 15 is 0 Å². The van der Waals surface area contributed by atoms with E-state index in [4.69, 9.17) is 33.2 Å². The Kier molecular flexibility index (Phi) is 29.2. The molecule has 3 rings (SSSR count). The van der Waals surface area contributed by atoms with E-state index in [0.717, 1.165) is 0 Å². The highest BCUT2D eigenvalue weighted by molar-refractivity contribution is 5.70. The summed E-state index contributed by atoms with van der Waals surface area (Å²) in [4.78, 5) is 49.7. The number of amides is 2. The van der Waals surface area contributed by atoms with E-state index in [0.29, 0.717) is 6.41 Å². The van der Waals surface area contributed by atoms with Crippen LogP contribution in [0.5, 0.6) is 0 Å². The van der Waals surface area contributed by atoms with Crippen molar-refractivity contribution in [1.82, 2.24) is 10.6 Å². The van der Waals surface area contributed by atoms with Crippen molar-refractivity contribution in [3.8, 4) is 0 Å². The lowest BCUT2D eigenvalue weighted by atomic mass is 9.86. The lowest BCUT2D eigenvalue weighted by Crippen LogP contribution is -2.63. The van der Waals surface area contributed by atoms with Gasteiger partial charge in [-0.15, -0.1) is 0 Å². The van der Waals surface area contributed by atoms with Gasteiger partial charge in [-0.1, -0.05) is 117 Å². The first-order chi connectivity index (χ1) is 35.4. The SMILES string of the molecule is C=CCOC(=O)N[C@@H]1[C@H](O)[C@H](O[C@H]2/C=C/C=C/C=C/C=C/C=C/C=C/C=C/[C@H](C)[C@@H](O)CCOC(=O)C[C@H](O)C[C@H](O)CC[C@@H](O)[C@H](O)C[C@H](O)C[C@]3(O)C[C@H](OC(=O)OCC=C)[C@@H](NC=O)[C@H](C2)O3)OC[C@H]1O. The van der Waals surface area contributed by atoms with Crippen molar-refractivity contribution in [1.29, 1.82) is 0 Å². The summed E-state index contributed by atoms with van der Waals surface area (Å²) in [7, 11) is 0. The number of aliphatic hydroxyl groups excluding tert-OH is 8. The zero-order valence-corrected chi connectivity index (χ0v) is 41.6. The molecule has 0 aliphatic carbocycles. The molecular formula is C52H76N2O20. The number of hydrogen-bond acceptors (Lipinski definition) is 20. The third-order valence-electron chi connectivity index (χ3n) is 11.9. The summed E-state index contributed by atoms with van der Waals surface area (Å²) >= 11 is 0. The molecule has 0 aromatic carbocycles. The molecule has 11 N–H and O–H groups in total. The second-order valence-electron chi connectivity index (χ2n) is 18.0. The lowest BCUT2D eigenvalue weighted by Gasteiger charge is -2.47. The van der Waals surface area contributed by atoms with Crippen molar-refractivity contribution in [3.63, 3.8) is 0 Å². The van der Waals surface area contributed by atoms with E-state index in [1.807, 2.05) is 0 Å². The number of ether oxygens (including phenoxy) is 7. The van der Waals surface area contributed by atoms with Crippen LogP contribution in [-0.4, -0.2) is 188 Å². The molecule has 3 aliphatic heterocycles. The van der Waals surface area contributed by atoms with Crippen molar-refractivity contribution < 1.29 is 98.3 Å². The van der Waals surface area contributed by atoms with Gasteiger partial charge in [-0.25, -0.2) is 9.59 Å². The molecular weight excluding hydrogens is 973 g/mol. The van der Waals surface area contributed by atoms with Gasteiger partial charge in [0.1, 0.15) is 31.5 Å². The molecule has 3 aliphatic rings. The quantitative estimate of drug-likeness (QED) is 0.0638. The number of nitrogens with one attached hydrogen (secondary N) is 2. The summed E-state index contributed by atoms with van der Waals surface area (Å²) in [6.07, 6.45) is 5.32. The number of cyclic esters (lactones) is 1. The molecule has 0 aromatic rings. The fourth-order valence-electron chi connectivity index (χ4n) is 8.05. The molecule has 0 unspecified atom stereocenters. The third-order valence-corrected chi connectivity index (χ3v) is 11.9.